The highest BCUT2D eigenvalue weighted by atomic mass is 19.4. The number of nitrogens with one attached hydrogen (secondary N) is 1. The van der Waals surface area contributed by atoms with Gasteiger partial charge in [0.1, 0.15) is 35.4 Å². The molecule has 14 heteroatoms. The predicted molar refractivity (Wildman–Crippen MR) is 101 cm³/mol. The number of hydrogen-bond acceptors (Lipinski definition) is 9. The molecule has 5 unspecified atom stereocenters. The Bertz CT molecular complexity index is 1050. The third-order valence-electron chi connectivity index (χ3n) is 4.60. The number of nitrogens with zero attached hydrogens (tertiary/aromatic N) is 1. The van der Waals surface area contributed by atoms with Gasteiger partial charge in [0.2, 0.25) is 6.29 Å². The Morgan fingerprint density at radius 3 is 2.36 bits per heavy atom. The van der Waals surface area contributed by atoms with Gasteiger partial charge in [0, 0.05) is 18.0 Å². The summed E-state index contributed by atoms with van der Waals surface area (Å²) in [5, 5.41) is 50.3. The standard InChI is InChI=1S/C19H17F3N2O9/c20-19(21,22)7-4-8(24-15-10(16(28)29)2-1-3-23-15)6-9(5-7)32-18-13(27)11(25)12(26)14(33-18)17(30)31/h1-6,11-14,18,25-27H,(H,23,24)(H,28,29)(H,30,31). The summed E-state index contributed by atoms with van der Waals surface area (Å²) < 4.78 is 50.3. The number of rotatable bonds is 6. The van der Waals surface area contributed by atoms with E-state index >= 15 is 0 Å². The van der Waals surface area contributed by atoms with Crippen LogP contribution in [0.4, 0.5) is 24.7 Å². The molecule has 0 spiro atoms. The molecular formula is C19H17F3N2O9. The molecule has 0 radical (unpaired) electrons. The van der Waals surface area contributed by atoms with Crippen LogP contribution in [0.15, 0.2) is 36.5 Å². The van der Waals surface area contributed by atoms with E-state index in [1.807, 2.05) is 0 Å². The van der Waals surface area contributed by atoms with E-state index in [0.717, 1.165) is 6.07 Å². The van der Waals surface area contributed by atoms with Gasteiger partial charge in [-0.05, 0) is 24.3 Å². The van der Waals surface area contributed by atoms with Gasteiger partial charge < -0.3 is 40.3 Å². The predicted octanol–water partition coefficient (Wildman–Crippen LogP) is 0.813. The molecule has 2 heterocycles. The number of aromatic nitrogens is 1. The van der Waals surface area contributed by atoms with Crippen LogP contribution in [0.1, 0.15) is 15.9 Å². The second-order valence-corrected chi connectivity index (χ2v) is 6.93. The Kier molecular flexibility index (Phi) is 6.73. The Hall–Kier alpha value is -3.46. The van der Waals surface area contributed by atoms with Crippen LogP contribution >= 0.6 is 0 Å². The average molecular weight is 474 g/mol. The number of carboxylic acids is 2. The van der Waals surface area contributed by atoms with E-state index < -0.39 is 60.1 Å². The van der Waals surface area contributed by atoms with Gasteiger partial charge in [0.15, 0.2) is 6.10 Å². The zero-order valence-corrected chi connectivity index (χ0v) is 16.3. The van der Waals surface area contributed by atoms with Crippen LogP contribution in [0.2, 0.25) is 0 Å². The molecule has 1 aliphatic rings. The summed E-state index contributed by atoms with van der Waals surface area (Å²) >= 11 is 0. The summed E-state index contributed by atoms with van der Waals surface area (Å²) in [5.41, 5.74) is -1.87. The van der Waals surface area contributed by atoms with E-state index in [1.165, 1.54) is 18.3 Å². The maximum absolute atomic E-state index is 13.4. The van der Waals surface area contributed by atoms with Crippen LogP contribution in [0, 0.1) is 0 Å². The van der Waals surface area contributed by atoms with Crippen molar-refractivity contribution < 1.29 is 57.8 Å². The molecule has 6 N–H and O–H groups in total. The summed E-state index contributed by atoms with van der Waals surface area (Å²) in [6.45, 7) is 0. The third-order valence-corrected chi connectivity index (χ3v) is 4.60. The molecule has 1 saturated heterocycles. The minimum Gasteiger partial charge on any atom is -0.479 e. The molecule has 0 amide bonds. The number of carboxylic acid groups (broad SMARTS) is 2. The van der Waals surface area contributed by atoms with Crippen LogP contribution in [-0.2, 0) is 15.7 Å². The van der Waals surface area contributed by atoms with Gasteiger partial charge >= 0.3 is 18.1 Å². The Morgan fingerprint density at radius 2 is 1.76 bits per heavy atom. The number of aliphatic carboxylic acids is 1. The fourth-order valence-electron chi connectivity index (χ4n) is 3.00. The highest BCUT2D eigenvalue weighted by Gasteiger charge is 2.48. The first kappa shape index (κ1) is 24.2. The van der Waals surface area contributed by atoms with E-state index in [1.54, 1.807) is 0 Å². The number of carbonyl (C=O) groups is 2. The number of aliphatic hydroxyl groups excluding tert-OH is 3. The van der Waals surface area contributed by atoms with Gasteiger partial charge in [0.05, 0.1) is 5.56 Å². The summed E-state index contributed by atoms with van der Waals surface area (Å²) in [5.74, 6) is -3.93. The van der Waals surface area contributed by atoms with Crippen LogP contribution in [-0.4, -0.2) is 73.2 Å². The molecule has 1 fully saturated rings. The summed E-state index contributed by atoms with van der Waals surface area (Å²) in [7, 11) is 0. The van der Waals surface area contributed by atoms with Crippen molar-refractivity contribution in [3.8, 4) is 5.75 Å². The highest BCUT2D eigenvalue weighted by Crippen LogP contribution is 2.36. The maximum Gasteiger partial charge on any atom is 0.416 e. The summed E-state index contributed by atoms with van der Waals surface area (Å²) in [6.07, 6.45) is -13.7. The highest BCUT2D eigenvalue weighted by molar-refractivity contribution is 5.93. The largest absolute Gasteiger partial charge is 0.479 e. The summed E-state index contributed by atoms with van der Waals surface area (Å²) in [6, 6.07) is 4.64. The molecule has 11 nitrogen and oxygen atoms in total. The zero-order valence-electron chi connectivity index (χ0n) is 16.3. The Labute approximate surface area is 182 Å². The van der Waals surface area contributed by atoms with Crippen molar-refractivity contribution in [1.29, 1.82) is 0 Å². The normalized spacial score (nSPS) is 25.3. The monoisotopic (exact) mass is 474 g/mol. The van der Waals surface area contributed by atoms with Gasteiger partial charge in [0.25, 0.3) is 0 Å². The molecule has 178 valence electrons. The lowest BCUT2D eigenvalue weighted by Gasteiger charge is -2.38. The Balaban J connectivity index is 1.96. The number of aromatic carboxylic acids is 1. The minimum absolute atomic E-state index is 0.270. The molecule has 0 saturated carbocycles. The zero-order chi connectivity index (χ0) is 24.5. The molecule has 33 heavy (non-hydrogen) atoms. The molecule has 1 aromatic heterocycles. The van der Waals surface area contributed by atoms with Crippen LogP contribution in [0.5, 0.6) is 5.75 Å². The molecule has 0 aliphatic carbocycles. The van der Waals surface area contributed by atoms with Crippen molar-refractivity contribution in [3.63, 3.8) is 0 Å². The third kappa shape index (κ3) is 5.31. The Morgan fingerprint density at radius 1 is 1.06 bits per heavy atom. The number of pyridine rings is 1. The first-order chi connectivity index (χ1) is 15.4. The molecule has 3 rings (SSSR count). The molecule has 0 bridgehead atoms. The maximum atomic E-state index is 13.4. The molecular weight excluding hydrogens is 457 g/mol. The first-order valence-electron chi connectivity index (χ1n) is 9.15. The van der Waals surface area contributed by atoms with Crippen LogP contribution < -0.4 is 10.1 Å². The molecule has 5 atom stereocenters. The molecule has 2 aromatic rings. The van der Waals surface area contributed by atoms with E-state index in [9.17, 15) is 43.2 Å². The second-order valence-electron chi connectivity index (χ2n) is 6.93. The lowest BCUT2D eigenvalue weighted by molar-refractivity contribution is -0.271. The number of aliphatic hydroxyl groups is 3. The second kappa shape index (κ2) is 9.19. The van der Waals surface area contributed by atoms with Gasteiger partial charge in [-0.2, -0.15) is 13.2 Å². The lowest BCUT2D eigenvalue weighted by atomic mass is 9.99. The van der Waals surface area contributed by atoms with Crippen molar-refractivity contribution in [3.05, 3.63) is 47.7 Å². The topological polar surface area (TPSA) is 179 Å². The van der Waals surface area contributed by atoms with Crippen LogP contribution in [0.3, 0.4) is 0 Å². The SMILES string of the molecule is O=C(O)c1cccnc1Nc1cc(OC2OC(C(=O)O)C(O)C(O)C2O)cc(C(F)(F)F)c1. The van der Waals surface area contributed by atoms with Crippen molar-refractivity contribution in [2.24, 2.45) is 0 Å². The molecule has 1 aromatic carbocycles. The van der Waals surface area contributed by atoms with Crippen molar-refractivity contribution in [2.45, 2.75) is 36.9 Å². The van der Waals surface area contributed by atoms with Crippen molar-refractivity contribution in [2.75, 3.05) is 5.32 Å². The van der Waals surface area contributed by atoms with Crippen molar-refractivity contribution >= 4 is 23.4 Å². The fourth-order valence-corrected chi connectivity index (χ4v) is 3.00. The van der Waals surface area contributed by atoms with Crippen LogP contribution in [0.25, 0.3) is 0 Å². The van der Waals surface area contributed by atoms with Gasteiger partial charge in [-0.3, -0.25) is 0 Å². The van der Waals surface area contributed by atoms with E-state index in [2.05, 4.69) is 10.3 Å². The average Bonchev–Trinajstić information content (AvgIpc) is 2.73. The fraction of sp³-hybridized carbons (Fsp3) is 0.316. The van der Waals surface area contributed by atoms with E-state index in [-0.39, 0.29) is 17.1 Å². The number of alkyl halides is 3. The number of benzene rings is 1. The number of hydrogen-bond donors (Lipinski definition) is 6. The smallest absolute Gasteiger partial charge is 0.416 e. The first-order valence-corrected chi connectivity index (χ1v) is 9.15. The summed E-state index contributed by atoms with van der Waals surface area (Å²) in [4.78, 5) is 26.3. The van der Waals surface area contributed by atoms with E-state index in [4.69, 9.17) is 14.6 Å². The van der Waals surface area contributed by atoms with Gasteiger partial charge in [-0.25, -0.2) is 14.6 Å². The number of halogens is 3. The lowest BCUT2D eigenvalue weighted by Crippen LogP contribution is -2.61. The molecule has 1 aliphatic heterocycles. The minimum atomic E-state index is -4.87. The van der Waals surface area contributed by atoms with Crippen molar-refractivity contribution in [1.82, 2.24) is 4.98 Å². The van der Waals surface area contributed by atoms with E-state index in [0.29, 0.717) is 12.1 Å². The quantitative estimate of drug-likeness (QED) is 0.349. The van der Waals surface area contributed by atoms with Gasteiger partial charge in [-0.15, -0.1) is 0 Å². The number of ether oxygens (including phenoxy) is 2. The van der Waals surface area contributed by atoms with Gasteiger partial charge in [-0.1, -0.05) is 0 Å². The number of anilines is 2.